The summed E-state index contributed by atoms with van der Waals surface area (Å²) in [5, 5.41) is 0.648. The number of carbonyl (C=O) groups excluding carboxylic acids is 1. The van der Waals surface area contributed by atoms with Crippen LogP contribution in [0.15, 0.2) is 72.5 Å². The van der Waals surface area contributed by atoms with Gasteiger partial charge in [-0.25, -0.2) is 0 Å². The Morgan fingerprint density at radius 1 is 1.04 bits per heavy atom. The number of hydrogen-bond acceptors (Lipinski definition) is 3. The highest BCUT2D eigenvalue weighted by Crippen LogP contribution is 2.37. The third-order valence-electron chi connectivity index (χ3n) is 4.36. The standard InChI is InChI=1S/C23H17ClO3/c1-15-11-19(26-14-17-5-3-2-4-6-17)13-20-22(15)23(25)21(27-20)12-16-7-9-18(24)10-8-16/h2-13H,14H2,1H3/b21-12-. The summed E-state index contributed by atoms with van der Waals surface area (Å²) in [6, 6.07) is 20.8. The number of rotatable bonds is 4. The lowest BCUT2D eigenvalue weighted by molar-refractivity contribution is 0.101. The number of ether oxygens (including phenoxy) is 2. The maximum atomic E-state index is 12.7. The molecule has 27 heavy (non-hydrogen) atoms. The predicted octanol–water partition coefficient (Wildman–Crippen LogP) is 5.84. The molecular formula is C23H17ClO3. The predicted molar refractivity (Wildman–Crippen MR) is 106 cm³/mol. The molecule has 0 aliphatic carbocycles. The van der Waals surface area contributed by atoms with Gasteiger partial charge in [0.05, 0.1) is 5.56 Å². The largest absolute Gasteiger partial charge is 0.489 e. The van der Waals surface area contributed by atoms with Crippen LogP contribution in [0.2, 0.25) is 5.02 Å². The molecule has 0 N–H and O–H groups in total. The SMILES string of the molecule is Cc1cc(OCc2ccccc2)cc2c1C(=O)/C(=C/c1ccc(Cl)cc1)O2. The lowest BCUT2D eigenvalue weighted by Crippen LogP contribution is -2.00. The molecule has 0 fully saturated rings. The molecule has 0 radical (unpaired) electrons. The fraction of sp³-hybridized carbons (Fsp3) is 0.0870. The van der Waals surface area contributed by atoms with Crippen molar-refractivity contribution in [1.82, 2.24) is 0 Å². The molecule has 0 bridgehead atoms. The smallest absolute Gasteiger partial charge is 0.232 e. The van der Waals surface area contributed by atoms with Crippen LogP contribution in [0.1, 0.15) is 27.0 Å². The number of Topliss-reactive ketones (excluding diaryl/α,β-unsaturated/α-hetero) is 1. The Bertz CT molecular complexity index is 1020. The fourth-order valence-electron chi connectivity index (χ4n) is 3.01. The highest BCUT2D eigenvalue weighted by molar-refractivity contribution is 6.30. The van der Waals surface area contributed by atoms with Gasteiger partial charge in [0.15, 0.2) is 5.76 Å². The summed E-state index contributed by atoms with van der Waals surface area (Å²) in [7, 11) is 0. The number of halogens is 1. The molecule has 0 spiro atoms. The number of benzene rings is 3. The number of aryl methyl sites for hydroxylation is 1. The molecule has 0 unspecified atom stereocenters. The summed E-state index contributed by atoms with van der Waals surface area (Å²) in [4.78, 5) is 12.7. The van der Waals surface area contributed by atoms with Crippen LogP contribution < -0.4 is 9.47 Å². The minimum Gasteiger partial charge on any atom is -0.489 e. The first-order chi connectivity index (χ1) is 13.1. The second-order valence-corrected chi connectivity index (χ2v) is 6.82. The van der Waals surface area contributed by atoms with Gasteiger partial charge < -0.3 is 9.47 Å². The first kappa shape index (κ1) is 17.4. The summed E-state index contributed by atoms with van der Waals surface area (Å²) >= 11 is 5.91. The van der Waals surface area contributed by atoms with Crippen LogP contribution in [-0.4, -0.2) is 5.78 Å². The molecule has 4 rings (SSSR count). The number of hydrogen-bond donors (Lipinski definition) is 0. The van der Waals surface area contributed by atoms with Gasteiger partial charge in [0.25, 0.3) is 0 Å². The zero-order chi connectivity index (χ0) is 18.8. The van der Waals surface area contributed by atoms with Crippen LogP contribution in [0.25, 0.3) is 6.08 Å². The van der Waals surface area contributed by atoms with Gasteiger partial charge in [-0.05, 0) is 47.9 Å². The average molecular weight is 377 g/mol. The van der Waals surface area contributed by atoms with Crippen molar-refractivity contribution in [3.8, 4) is 11.5 Å². The van der Waals surface area contributed by atoms with Crippen molar-refractivity contribution in [2.24, 2.45) is 0 Å². The van der Waals surface area contributed by atoms with E-state index in [-0.39, 0.29) is 5.78 Å². The zero-order valence-corrected chi connectivity index (χ0v) is 15.5. The van der Waals surface area contributed by atoms with Crippen molar-refractivity contribution in [2.45, 2.75) is 13.5 Å². The Morgan fingerprint density at radius 3 is 2.52 bits per heavy atom. The highest BCUT2D eigenvalue weighted by Gasteiger charge is 2.30. The lowest BCUT2D eigenvalue weighted by Gasteiger charge is -2.09. The van der Waals surface area contributed by atoms with Crippen LogP contribution >= 0.6 is 11.6 Å². The molecule has 0 amide bonds. The molecule has 1 aliphatic heterocycles. The lowest BCUT2D eigenvalue weighted by atomic mass is 10.0. The summed E-state index contributed by atoms with van der Waals surface area (Å²) in [5.41, 5.74) is 3.35. The Labute approximate surface area is 162 Å². The second kappa shape index (κ2) is 7.29. The topological polar surface area (TPSA) is 35.5 Å². The van der Waals surface area contributed by atoms with Crippen LogP contribution in [0.3, 0.4) is 0 Å². The van der Waals surface area contributed by atoms with Crippen molar-refractivity contribution in [3.63, 3.8) is 0 Å². The summed E-state index contributed by atoms with van der Waals surface area (Å²) in [6.45, 7) is 2.35. The van der Waals surface area contributed by atoms with Crippen LogP contribution in [-0.2, 0) is 6.61 Å². The molecule has 1 aliphatic rings. The van der Waals surface area contributed by atoms with Gasteiger partial charge in [-0.2, -0.15) is 0 Å². The van der Waals surface area contributed by atoms with Crippen LogP contribution in [0, 0.1) is 6.92 Å². The van der Waals surface area contributed by atoms with Crippen molar-refractivity contribution >= 4 is 23.5 Å². The molecular weight excluding hydrogens is 360 g/mol. The second-order valence-electron chi connectivity index (χ2n) is 6.38. The van der Waals surface area contributed by atoms with Crippen molar-refractivity contribution in [1.29, 1.82) is 0 Å². The third kappa shape index (κ3) is 3.74. The van der Waals surface area contributed by atoms with Gasteiger partial charge >= 0.3 is 0 Å². The average Bonchev–Trinajstić information content (AvgIpc) is 2.98. The van der Waals surface area contributed by atoms with Crippen LogP contribution in [0.5, 0.6) is 11.5 Å². The van der Waals surface area contributed by atoms with Gasteiger partial charge in [0.1, 0.15) is 18.1 Å². The Hall–Kier alpha value is -3.04. The molecule has 134 valence electrons. The molecule has 3 nitrogen and oxygen atoms in total. The maximum Gasteiger partial charge on any atom is 0.232 e. The van der Waals surface area contributed by atoms with Gasteiger partial charge in [0.2, 0.25) is 5.78 Å². The quantitative estimate of drug-likeness (QED) is 0.536. The van der Waals surface area contributed by atoms with Crippen LogP contribution in [0.4, 0.5) is 0 Å². The van der Waals surface area contributed by atoms with E-state index in [1.807, 2.05) is 55.5 Å². The van der Waals surface area contributed by atoms with Crippen molar-refractivity contribution in [2.75, 3.05) is 0 Å². The zero-order valence-electron chi connectivity index (χ0n) is 14.7. The number of fused-ring (bicyclic) bond motifs is 1. The van der Waals surface area contributed by atoms with E-state index in [1.165, 1.54) is 0 Å². The summed E-state index contributed by atoms with van der Waals surface area (Å²) in [6.07, 6.45) is 1.72. The number of ketones is 1. The minimum absolute atomic E-state index is 0.118. The fourth-order valence-corrected chi connectivity index (χ4v) is 3.14. The molecule has 0 saturated carbocycles. The number of carbonyl (C=O) groups is 1. The highest BCUT2D eigenvalue weighted by atomic mass is 35.5. The van der Waals surface area contributed by atoms with Gasteiger partial charge in [-0.15, -0.1) is 0 Å². The molecule has 3 aromatic carbocycles. The first-order valence-corrected chi connectivity index (χ1v) is 8.99. The minimum atomic E-state index is -0.118. The van der Waals surface area contributed by atoms with Gasteiger partial charge in [-0.1, -0.05) is 54.1 Å². The molecule has 3 aromatic rings. The summed E-state index contributed by atoms with van der Waals surface area (Å²) < 4.78 is 11.7. The normalized spacial score (nSPS) is 14.1. The Balaban J connectivity index is 1.57. The van der Waals surface area contributed by atoms with Gasteiger partial charge in [-0.3, -0.25) is 4.79 Å². The molecule has 0 aromatic heterocycles. The maximum absolute atomic E-state index is 12.7. The van der Waals surface area contributed by atoms with Crippen molar-refractivity contribution in [3.05, 3.63) is 99.8 Å². The molecule has 0 atom stereocenters. The van der Waals surface area contributed by atoms with E-state index in [0.29, 0.717) is 34.5 Å². The van der Waals surface area contributed by atoms with E-state index in [2.05, 4.69) is 0 Å². The van der Waals surface area contributed by atoms with E-state index in [9.17, 15) is 4.79 Å². The molecule has 4 heteroatoms. The van der Waals surface area contributed by atoms with Gasteiger partial charge in [0, 0.05) is 11.1 Å². The Morgan fingerprint density at radius 2 is 1.78 bits per heavy atom. The van der Waals surface area contributed by atoms with E-state index in [1.54, 1.807) is 24.3 Å². The van der Waals surface area contributed by atoms with E-state index < -0.39 is 0 Å². The third-order valence-corrected chi connectivity index (χ3v) is 4.61. The molecule has 1 heterocycles. The van der Waals surface area contributed by atoms with E-state index >= 15 is 0 Å². The first-order valence-electron chi connectivity index (χ1n) is 8.61. The Kier molecular flexibility index (Phi) is 4.69. The van der Waals surface area contributed by atoms with E-state index in [4.69, 9.17) is 21.1 Å². The number of allylic oxidation sites excluding steroid dienone is 1. The van der Waals surface area contributed by atoms with Crippen molar-refractivity contribution < 1.29 is 14.3 Å². The summed E-state index contributed by atoms with van der Waals surface area (Å²) in [5.74, 6) is 1.39. The van der Waals surface area contributed by atoms with E-state index in [0.717, 1.165) is 16.7 Å². The molecule has 0 saturated heterocycles. The monoisotopic (exact) mass is 376 g/mol.